The molecule has 0 aliphatic rings. The number of benzene rings is 2. The number of aldehydes is 1. The van der Waals surface area contributed by atoms with Gasteiger partial charge in [-0.2, -0.15) is 0 Å². The van der Waals surface area contributed by atoms with Crippen LogP contribution in [0.5, 0.6) is 5.75 Å². The summed E-state index contributed by atoms with van der Waals surface area (Å²) in [5.74, 6) is 0.260. The lowest BCUT2D eigenvalue weighted by Crippen LogP contribution is -2.30. The maximum absolute atomic E-state index is 12.2. The lowest BCUT2D eigenvalue weighted by Gasteiger charge is -2.16. The highest BCUT2D eigenvalue weighted by Crippen LogP contribution is 2.18. The van der Waals surface area contributed by atoms with Gasteiger partial charge in [-0.3, -0.25) is 9.59 Å². The molecular formula is C18H19NO3. The smallest absolute Gasteiger partial charge is 0.265 e. The van der Waals surface area contributed by atoms with E-state index in [1.807, 2.05) is 32.0 Å². The van der Waals surface area contributed by atoms with Gasteiger partial charge in [0.25, 0.3) is 5.91 Å². The van der Waals surface area contributed by atoms with Crippen LogP contribution in [-0.2, 0) is 4.79 Å². The Hall–Kier alpha value is -2.62. The molecule has 114 valence electrons. The Bertz CT molecular complexity index is 694. The summed E-state index contributed by atoms with van der Waals surface area (Å²) < 4.78 is 5.58. The zero-order valence-corrected chi connectivity index (χ0v) is 12.9. The summed E-state index contributed by atoms with van der Waals surface area (Å²) in [5.41, 5.74) is 3.43. The first-order valence-electron chi connectivity index (χ1n) is 7.09. The number of amides is 1. The van der Waals surface area contributed by atoms with Crippen molar-refractivity contribution in [3.8, 4) is 5.75 Å². The summed E-state index contributed by atoms with van der Waals surface area (Å²) in [5, 5.41) is 2.85. The van der Waals surface area contributed by atoms with Gasteiger partial charge in [-0.1, -0.05) is 29.8 Å². The third-order valence-corrected chi connectivity index (χ3v) is 3.32. The van der Waals surface area contributed by atoms with E-state index in [1.54, 1.807) is 31.2 Å². The molecule has 1 N–H and O–H groups in total. The van der Waals surface area contributed by atoms with Gasteiger partial charge in [0.1, 0.15) is 12.0 Å². The zero-order valence-electron chi connectivity index (χ0n) is 12.9. The quantitative estimate of drug-likeness (QED) is 0.859. The molecule has 2 rings (SSSR count). The van der Waals surface area contributed by atoms with Crippen molar-refractivity contribution in [3.05, 3.63) is 59.2 Å². The number of carbonyl (C=O) groups is 2. The molecular weight excluding hydrogens is 278 g/mol. The Morgan fingerprint density at radius 3 is 2.64 bits per heavy atom. The van der Waals surface area contributed by atoms with Crippen LogP contribution < -0.4 is 10.1 Å². The molecule has 0 heterocycles. The van der Waals surface area contributed by atoms with Crippen molar-refractivity contribution in [2.75, 3.05) is 5.32 Å². The molecule has 1 atom stereocenters. The average molecular weight is 297 g/mol. The van der Waals surface area contributed by atoms with Crippen molar-refractivity contribution < 1.29 is 14.3 Å². The summed E-state index contributed by atoms with van der Waals surface area (Å²) in [4.78, 5) is 23.0. The molecule has 1 amide bonds. The van der Waals surface area contributed by atoms with Gasteiger partial charge in [0.05, 0.1) is 0 Å². The fourth-order valence-corrected chi connectivity index (χ4v) is 2.11. The minimum Gasteiger partial charge on any atom is -0.481 e. The summed E-state index contributed by atoms with van der Waals surface area (Å²) in [7, 11) is 0. The molecule has 1 unspecified atom stereocenters. The van der Waals surface area contributed by atoms with E-state index in [4.69, 9.17) is 4.74 Å². The third-order valence-electron chi connectivity index (χ3n) is 3.32. The molecule has 4 heteroatoms. The number of carbonyl (C=O) groups excluding carboxylic acids is 2. The lowest BCUT2D eigenvalue weighted by molar-refractivity contribution is -0.122. The maximum Gasteiger partial charge on any atom is 0.265 e. The molecule has 0 saturated carbocycles. The number of hydrogen-bond acceptors (Lipinski definition) is 3. The van der Waals surface area contributed by atoms with Crippen LogP contribution in [-0.4, -0.2) is 18.3 Å². The minimum atomic E-state index is -0.664. The first-order valence-corrected chi connectivity index (χ1v) is 7.09. The standard InChI is InChI=1S/C18H19NO3/c1-12-7-8-17(13(2)9-12)19-18(21)14(3)22-16-6-4-5-15(10-16)11-20/h4-11,14H,1-3H3,(H,19,21). The Morgan fingerprint density at radius 1 is 1.18 bits per heavy atom. The number of ether oxygens (including phenoxy) is 1. The molecule has 4 nitrogen and oxygen atoms in total. The molecule has 0 aromatic heterocycles. The number of hydrogen-bond donors (Lipinski definition) is 1. The Balaban J connectivity index is 2.04. The highest BCUT2D eigenvalue weighted by molar-refractivity contribution is 5.94. The second-order valence-electron chi connectivity index (χ2n) is 5.26. The maximum atomic E-state index is 12.2. The van der Waals surface area contributed by atoms with Crippen LogP contribution in [0.15, 0.2) is 42.5 Å². The normalized spacial score (nSPS) is 11.6. The molecule has 2 aromatic carbocycles. The molecule has 0 radical (unpaired) electrons. The van der Waals surface area contributed by atoms with E-state index < -0.39 is 6.10 Å². The highest BCUT2D eigenvalue weighted by atomic mass is 16.5. The van der Waals surface area contributed by atoms with Crippen LogP contribution in [0.2, 0.25) is 0 Å². The largest absolute Gasteiger partial charge is 0.481 e. The summed E-state index contributed by atoms with van der Waals surface area (Å²) in [6, 6.07) is 12.6. The van der Waals surface area contributed by atoms with Crippen LogP contribution in [0.3, 0.4) is 0 Å². The molecule has 0 bridgehead atoms. The second kappa shape index (κ2) is 6.89. The lowest BCUT2D eigenvalue weighted by atomic mass is 10.1. The molecule has 0 spiro atoms. The molecule has 0 saturated heterocycles. The van der Waals surface area contributed by atoms with Gasteiger partial charge in [0.15, 0.2) is 6.10 Å². The van der Waals surface area contributed by atoms with Crippen molar-refractivity contribution in [1.82, 2.24) is 0 Å². The van der Waals surface area contributed by atoms with E-state index in [0.29, 0.717) is 11.3 Å². The van der Waals surface area contributed by atoms with Crippen LogP contribution in [0.25, 0.3) is 0 Å². The van der Waals surface area contributed by atoms with Crippen molar-refractivity contribution in [1.29, 1.82) is 0 Å². The van der Waals surface area contributed by atoms with Gasteiger partial charge < -0.3 is 10.1 Å². The monoisotopic (exact) mass is 297 g/mol. The van der Waals surface area contributed by atoms with Gasteiger partial charge in [0.2, 0.25) is 0 Å². The van der Waals surface area contributed by atoms with Gasteiger partial charge >= 0.3 is 0 Å². The number of aryl methyl sites for hydroxylation is 2. The van der Waals surface area contributed by atoms with E-state index in [0.717, 1.165) is 23.1 Å². The fourth-order valence-electron chi connectivity index (χ4n) is 2.11. The second-order valence-corrected chi connectivity index (χ2v) is 5.26. The van der Waals surface area contributed by atoms with Gasteiger partial charge in [-0.05, 0) is 44.5 Å². The fraction of sp³-hybridized carbons (Fsp3) is 0.222. The van der Waals surface area contributed by atoms with Crippen LogP contribution in [0.4, 0.5) is 5.69 Å². The Labute approximate surface area is 130 Å². The molecule has 22 heavy (non-hydrogen) atoms. The van der Waals surface area contributed by atoms with Gasteiger partial charge in [0, 0.05) is 11.3 Å². The zero-order chi connectivity index (χ0) is 16.1. The SMILES string of the molecule is Cc1ccc(NC(=O)C(C)Oc2cccc(C=O)c2)c(C)c1. The van der Waals surface area contributed by atoms with Gasteiger partial charge in [-0.25, -0.2) is 0 Å². The first-order chi connectivity index (χ1) is 10.5. The highest BCUT2D eigenvalue weighted by Gasteiger charge is 2.15. The van der Waals surface area contributed by atoms with Crippen molar-refractivity contribution in [3.63, 3.8) is 0 Å². The topological polar surface area (TPSA) is 55.4 Å². The molecule has 2 aromatic rings. The predicted octanol–water partition coefficient (Wildman–Crippen LogP) is 3.52. The van der Waals surface area contributed by atoms with Crippen molar-refractivity contribution in [2.24, 2.45) is 0 Å². The predicted molar refractivity (Wildman–Crippen MR) is 86.5 cm³/mol. The summed E-state index contributed by atoms with van der Waals surface area (Å²) in [6.45, 7) is 5.62. The van der Waals surface area contributed by atoms with E-state index in [9.17, 15) is 9.59 Å². The summed E-state index contributed by atoms with van der Waals surface area (Å²) in [6.07, 6.45) is 0.0791. The minimum absolute atomic E-state index is 0.233. The van der Waals surface area contributed by atoms with Crippen molar-refractivity contribution in [2.45, 2.75) is 26.9 Å². The number of rotatable bonds is 5. The van der Waals surface area contributed by atoms with E-state index in [2.05, 4.69) is 5.32 Å². The van der Waals surface area contributed by atoms with E-state index >= 15 is 0 Å². The van der Waals surface area contributed by atoms with Crippen molar-refractivity contribution >= 4 is 17.9 Å². The first kappa shape index (κ1) is 15.8. The third kappa shape index (κ3) is 3.95. The molecule has 0 fully saturated rings. The van der Waals surface area contributed by atoms with Crippen LogP contribution >= 0.6 is 0 Å². The Kier molecular flexibility index (Phi) is 4.94. The van der Waals surface area contributed by atoms with E-state index in [1.165, 1.54) is 0 Å². The van der Waals surface area contributed by atoms with Crippen LogP contribution in [0.1, 0.15) is 28.4 Å². The number of anilines is 1. The van der Waals surface area contributed by atoms with Crippen LogP contribution in [0, 0.1) is 13.8 Å². The molecule has 0 aliphatic carbocycles. The number of nitrogens with one attached hydrogen (secondary N) is 1. The molecule has 0 aliphatic heterocycles. The van der Waals surface area contributed by atoms with Gasteiger partial charge in [-0.15, -0.1) is 0 Å². The summed E-state index contributed by atoms with van der Waals surface area (Å²) >= 11 is 0. The Morgan fingerprint density at radius 2 is 1.95 bits per heavy atom. The van der Waals surface area contributed by atoms with E-state index in [-0.39, 0.29) is 5.91 Å². The average Bonchev–Trinajstić information content (AvgIpc) is 2.50.